The molecule has 0 atom stereocenters. The molecule has 29 heavy (non-hydrogen) atoms. The second-order valence-corrected chi connectivity index (χ2v) is 9.56. The van der Waals surface area contributed by atoms with Gasteiger partial charge >= 0.3 is 0 Å². The maximum Gasteiger partial charge on any atom is 0.293 e. The number of ether oxygens (including phenoxy) is 1. The number of aromatic hydroxyl groups is 3. The number of unbranched alkanes of at least 4 members (excludes halogenated alkanes) is 4. The van der Waals surface area contributed by atoms with Gasteiger partial charge < -0.3 is 20.1 Å². The number of phenols is 3. The van der Waals surface area contributed by atoms with E-state index in [1.807, 2.05) is 0 Å². The van der Waals surface area contributed by atoms with Crippen LogP contribution in [0.2, 0.25) is 0 Å². The fourth-order valence-corrected chi connectivity index (χ4v) is 4.29. The van der Waals surface area contributed by atoms with Gasteiger partial charge in [0.15, 0.2) is 11.5 Å². The van der Waals surface area contributed by atoms with Crippen molar-refractivity contribution in [2.75, 3.05) is 0 Å². The zero-order chi connectivity index (χ0) is 20.9. The van der Waals surface area contributed by atoms with E-state index >= 15 is 0 Å². The van der Waals surface area contributed by atoms with Gasteiger partial charge in [-0.05, 0) is 87.7 Å². The molecule has 0 radical (unpaired) electrons. The Labute approximate surface area is 174 Å². The van der Waals surface area contributed by atoms with Gasteiger partial charge in [-0.1, -0.05) is 26.2 Å². The minimum atomic E-state index is -0.247. The molecular weight excluding hydrogens is 368 g/mol. The Morgan fingerprint density at radius 1 is 0.897 bits per heavy atom. The molecule has 1 aromatic carbocycles. The van der Waals surface area contributed by atoms with Crippen molar-refractivity contribution in [2.45, 2.75) is 102 Å². The Bertz CT molecular complexity index is 704. The fourth-order valence-electron chi connectivity index (χ4n) is 4.29. The molecule has 0 saturated heterocycles. The number of phenolic OH excluding ortho intramolecular Hbond substituents is 3. The quantitative estimate of drug-likeness (QED) is 0.165. The van der Waals surface area contributed by atoms with Gasteiger partial charge in [0, 0.05) is 5.56 Å². The minimum absolute atomic E-state index is 0.121. The standard InChI is InChI=1S/C24H36O5/c1-23(12-13-23)10-6-3-2-4-9-19-21(27)18(16-20(26)22(19)28)8-5-7-11-24(14-15-24)29-17-25/h16-17,26-28H,2-15H2,1H3. The van der Waals surface area contributed by atoms with E-state index in [1.165, 1.54) is 38.2 Å². The molecule has 0 heterocycles. The maximum atomic E-state index is 10.6. The van der Waals surface area contributed by atoms with E-state index in [1.54, 1.807) is 0 Å². The van der Waals surface area contributed by atoms with E-state index < -0.39 is 0 Å². The predicted octanol–water partition coefficient (Wildman–Crippen LogP) is 5.51. The molecule has 3 N–H and O–H groups in total. The van der Waals surface area contributed by atoms with Crippen molar-refractivity contribution in [3.63, 3.8) is 0 Å². The lowest BCUT2D eigenvalue weighted by molar-refractivity contribution is -0.135. The Morgan fingerprint density at radius 3 is 2.21 bits per heavy atom. The van der Waals surface area contributed by atoms with Crippen LogP contribution in [-0.4, -0.2) is 27.4 Å². The van der Waals surface area contributed by atoms with Crippen molar-refractivity contribution >= 4 is 6.47 Å². The maximum absolute atomic E-state index is 10.6. The number of rotatable bonds is 14. The first-order valence-corrected chi connectivity index (χ1v) is 11.3. The van der Waals surface area contributed by atoms with E-state index in [0.29, 0.717) is 35.9 Å². The molecule has 2 aliphatic carbocycles. The van der Waals surface area contributed by atoms with E-state index in [0.717, 1.165) is 44.9 Å². The summed E-state index contributed by atoms with van der Waals surface area (Å²) in [5.41, 5.74) is 1.51. The van der Waals surface area contributed by atoms with Gasteiger partial charge in [-0.15, -0.1) is 0 Å². The lowest BCUT2D eigenvalue weighted by Gasteiger charge is -2.15. The summed E-state index contributed by atoms with van der Waals surface area (Å²) in [6.45, 7) is 2.90. The zero-order valence-electron chi connectivity index (χ0n) is 17.7. The summed E-state index contributed by atoms with van der Waals surface area (Å²) < 4.78 is 5.16. The van der Waals surface area contributed by atoms with Gasteiger partial charge in [-0.25, -0.2) is 0 Å². The number of hydrogen-bond acceptors (Lipinski definition) is 5. The molecule has 2 aliphatic rings. The predicted molar refractivity (Wildman–Crippen MR) is 112 cm³/mol. The molecule has 0 aliphatic heterocycles. The van der Waals surface area contributed by atoms with Crippen molar-refractivity contribution in [1.29, 1.82) is 0 Å². The van der Waals surface area contributed by atoms with Crippen LogP contribution in [0.25, 0.3) is 0 Å². The molecule has 5 heteroatoms. The van der Waals surface area contributed by atoms with Crippen molar-refractivity contribution in [3.8, 4) is 17.2 Å². The summed E-state index contributed by atoms with van der Waals surface area (Å²) in [5.74, 6) is -0.221. The molecule has 0 spiro atoms. The van der Waals surface area contributed by atoms with Crippen LogP contribution in [0.15, 0.2) is 6.07 Å². The minimum Gasteiger partial charge on any atom is -0.507 e. The Morgan fingerprint density at radius 2 is 1.55 bits per heavy atom. The Balaban J connectivity index is 1.44. The van der Waals surface area contributed by atoms with Crippen molar-refractivity contribution in [2.24, 2.45) is 5.41 Å². The highest BCUT2D eigenvalue weighted by Crippen LogP contribution is 2.49. The second-order valence-electron chi connectivity index (χ2n) is 9.56. The van der Waals surface area contributed by atoms with E-state index in [9.17, 15) is 20.1 Å². The van der Waals surface area contributed by atoms with Crippen LogP contribution in [0.1, 0.15) is 95.1 Å². The first-order chi connectivity index (χ1) is 13.9. The highest BCUT2D eigenvalue weighted by molar-refractivity contribution is 5.56. The van der Waals surface area contributed by atoms with Gasteiger partial charge in [0.25, 0.3) is 6.47 Å². The molecule has 1 aromatic rings. The molecule has 2 fully saturated rings. The van der Waals surface area contributed by atoms with Crippen molar-refractivity contribution in [3.05, 3.63) is 17.2 Å². The third-order valence-electron chi connectivity index (χ3n) is 6.92. The number of carbonyl (C=O) groups is 1. The number of benzene rings is 1. The van der Waals surface area contributed by atoms with Crippen LogP contribution in [0.3, 0.4) is 0 Å². The van der Waals surface area contributed by atoms with Crippen LogP contribution in [-0.2, 0) is 22.4 Å². The van der Waals surface area contributed by atoms with Crippen LogP contribution in [0.4, 0.5) is 0 Å². The Hall–Kier alpha value is -1.91. The van der Waals surface area contributed by atoms with Crippen molar-refractivity contribution in [1.82, 2.24) is 0 Å². The van der Waals surface area contributed by atoms with E-state index in [4.69, 9.17) is 4.74 Å². The molecule has 2 saturated carbocycles. The summed E-state index contributed by atoms with van der Waals surface area (Å²) in [5, 5.41) is 30.9. The summed E-state index contributed by atoms with van der Waals surface area (Å²) >= 11 is 0. The summed E-state index contributed by atoms with van der Waals surface area (Å²) in [4.78, 5) is 10.6. The van der Waals surface area contributed by atoms with Gasteiger partial charge in [0.2, 0.25) is 0 Å². The normalized spacial score (nSPS) is 18.4. The summed E-state index contributed by atoms with van der Waals surface area (Å²) in [7, 11) is 0. The first kappa shape index (κ1) is 21.8. The van der Waals surface area contributed by atoms with Gasteiger partial charge in [-0.3, -0.25) is 4.79 Å². The topological polar surface area (TPSA) is 87.0 Å². The molecule has 0 unspecified atom stereocenters. The monoisotopic (exact) mass is 404 g/mol. The summed E-state index contributed by atoms with van der Waals surface area (Å²) in [6, 6.07) is 1.47. The second kappa shape index (κ2) is 9.27. The van der Waals surface area contributed by atoms with E-state index in [2.05, 4.69) is 6.92 Å². The Kier molecular flexibility index (Phi) is 6.97. The zero-order valence-corrected chi connectivity index (χ0v) is 17.7. The average molecular weight is 405 g/mol. The van der Waals surface area contributed by atoms with Crippen LogP contribution >= 0.6 is 0 Å². The van der Waals surface area contributed by atoms with Gasteiger partial charge in [-0.2, -0.15) is 0 Å². The third kappa shape index (κ3) is 6.03. The van der Waals surface area contributed by atoms with Crippen LogP contribution in [0.5, 0.6) is 17.2 Å². The lowest BCUT2D eigenvalue weighted by atomic mass is 9.96. The molecule has 0 amide bonds. The number of aryl methyl sites for hydroxylation is 1. The highest BCUT2D eigenvalue weighted by Gasteiger charge is 2.44. The molecule has 3 rings (SSSR count). The smallest absolute Gasteiger partial charge is 0.293 e. The number of carbonyl (C=O) groups excluding carboxylic acids is 1. The van der Waals surface area contributed by atoms with Crippen molar-refractivity contribution < 1.29 is 24.9 Å². The van der Waals surface area contributed by atoms with Gasteiger partial charge in [0.05, 0.1) is 0 Å². The molecular formula is C24H36O5. The fraction of sp³-hybridized carbons (Fsp3) is 0.708. The SMILES string of the molecule is CC1(CCCCCCc2c(O)c(O)cc(CCCCC3(OC=O)CC3)c2O)CC1. The summed E-state index contributed by atoms with van der Waals surface area (Å²) in [6.07, 6.45) is 14.0. The highest BCUT2D eigenvalue weighted by atomic mass is 16.5. The van der Waals surface area contributed by atoms with Crippen LogP contribution in [0, 0.1) is 5.41 Å². The average Bonchev–Trinajstić information content (AvgIpc) is 3.61. The lowest BCUT2D eigenvalue weighted by Crippen LogP contribution is -2.12. The molecule has 0 aromatic heterocycles. The molecule has 5 nitrogen and oxygen atoms in total. The van der Waals surface area contributed by atoms with E-state index in [-0.39, 0.29) is 22.8 Å². The molecule has 162 valence electrons. The number of hydrogen-bond donors (Lipinski definition) is 3. The molecule has 0 bridgehead atoms. The largest absolute Gasteiger partial charge is 0.507 e. The van der Waals surface area contributed by atoms with Gasteiger partial charge in [0.1, 0.15) is 11.4 Å². The van der Waals surface area contributed by atoms with Crippen LogP contribution < -0.4 is 0 Å². The third-order valence-corrected chi connectivity index (χ3v) is 6.92. The first-order valence-electron chi connectivity index (χ1n) is 11.3.